The van der Waals surface area contributed by atoms with Crippen LogP contribution in [0, 0.1) is 0 Å². The number of rotatable bonds is 7. The van der Waals surface area contributed by atoms with E-state index in [0.717, 1.165) is 29.9 Å². The van der Waals surface area contributed by atoms with Gasteiger partial charge in [0.2, 0.25) is 0 Å². The minimum atomic E-state index is -0.326. The molecule has 0 amide bonds. The van der Waals surface area contributed by atoms with Crippen LogP contribution < -0.4 is 20.7 Å². The summed E-state index contributed by atoms with van der Waals surface area (Å²) in [7, 11) is 0. The summed E-state index contributed by atoms with van der Waals surface area (Å²) in [5.41, 5.74) is 3.66. The summed E-state index contributed by atoms with van der Waals surface area (Å²) in [4.78, 5) is 0. The van der Waals surface area contributed by atoms with Crippen LogP contribution in [0.4, 0.5) is 0 Å². The molecule has 1 aromatic carbocycles. The smallest absolute Gasteiger partial charge is 0.161 e. The summed E-state index contributed by atoms with van der Waals surface area (Å²) in [5, 5.41) is 0. The minimum absolute atomic E-state index is 0.0942. The Kier molecular flexibility index (Phi) is 5.45. The van der Waals surface area contributed by atoms with Crippen molar-refractivity contribution < 1.29 is 14.2 Å². The molecular formula is C16H26N2O3. The van der Waals surface area contributed by atoms with Gasteiger partial charge in [-0.25, -0.2) is 0 Å². The van der Waals surface area contributed by atoms with Gasteiger partial charge in [-0.15, -0.1) is 0 Å². The standard InChI is InChI=1S/C16H26N2O3/c1-4-16(5-2,21-6-3)15(18-17)12-7-8-13-14(11-12)20-10-9-19-13/h7-8,11,15,18H,4-6,9-10,17H2,1-3H3. The van der Waals surface area contributed by atoms with Gasteiger partial charge in [0.15, 0.2) is 11.5 Å². The molecule has 0 fully saturated rings. The van der Waals surface area contributed by atoms with Crippen LogP contribution in [0.25, 0.3) is 0 Å². The number of benzene rings is 1. The molecule has 0 saturated carbocycles. The summed E-state index contributed by atoms with van der Waals surface area (Å²) in [5.74, 6) is 7.41. The third-order valence-corrected chi connectivity index (χ3v) is 4.22. The SMILES string of the molecule is CCOC(CC)(CC)C(NN)c1ccc2c(c1)OCCO2. The molecule has 0 radical (unpaired) electrons. The van der Waals surface area contributed by atoms with Crippen molar-refractivity contribution in [3.8, 4) is 11.5 Å². The lowest BCUT2D eigenvalue weighted by molar-refractivity contribution is -0.0734. The van der Waals surface area contributed by atoms with Gasteiger partial charge in [-0.2, -0.15) is 0 Å². The molecule has 1 atom stereocenters. The molecule has 1 aliphatic heterocycles. The zero-order valence-electron chi connectivity index (χ0n) is 13.1. The number of hydrogen-bond acceptors (Lipinski definition) is 5. The van der Waals surface area contributed by atoms with Crippen molar-refractivity contribution in [1.82, 2.24) is 5.43 Å². The lowest BCUT2D eigenvalue weighted by atomic mass is 9.84. The molecule has 0 aliphatic carbocycles. The van der Waals surface area contributed by atoms with Crippen LogP contribution >= 0.6 is 0 Å². The first-order valence-electron chi connectivity index (χ1n) is 7.70. The Hall–Kier alpha value is -1.30. The van der Waals surface area contributed by atoms with E-state index >= 15 is 0 Å². The molecule has 1 unspecified atom stereocenters. The molecule has 118 valence electrons. The second kappa shape index (κ2) is 7.11. The Balaban J connectivity index is 2.35. The molecule has 1 aromatic rings. The van der Waals surface area contributed by atoms with Gasteiger partial charge in [0.25, 0.3) is 0 Å². The number of hydrazine groups is 1. The average molecular weight is 294 g/mol. The molecule has 1 aliphatic rings. The molecule has 0 bridgehead atoms. The maximum absolute atomic E-state index is 6.06. The predicted octanol–water partition coefficient (Wildman–Crippen LogP) is 2.56. The van der Waals surface area contributed by atoms with E-state index in [2.05, 4.69) is 19.3 Å². The summed E-state index contributed by atoms with van der Waals surface area (Å²) < 4.78 is 17.3. The van der Waals surface area contributed by atoms with E-state index in [-0.39, 0.29) is 11.6 Å². The van der Waals surface area contributed by atoms with E-state index < -0.39 is 0 Å². The van der Waals surface area contributed by atoms with Crippen LogP contribution in [0.15, 0.2) is 18.2 Å². The topological polar surface area (TPSA) is 65.7 Å². The van der Waals surface area contributed by atoms with Crippen LogP contribution in [-0.4, -0.2) is 25.4 Å². The number of nitrogens with one attached hydrogen (secondary N) is 1. The summed E-state index contributed by atoms with van der Waals surface area (Å²) in [6, 6.07) is 5.87. The van der Waals surface area contributed by atoms with Gasteiger partial charge in [0, 0.05) is 6.61 Å². The molecule has 0 saturated heterocycles. The summed E-state index contributed by atoms with van der Waals surface area (Å²) in [6.07, 6.45) is 1.75. The quantitative estimate of drug-likeness (QED) is 0.597. The number of nitrogens with two attached hydrogens (primary N) is 1. The first kappa shape index (κ1) is 16.1. The molecule has 3 N–H and O–H groups in total. The van der Waals surface area contributed by atoms with Gasteiger partial charge in [0.1, 0.15) is 13.2 Å². The minimum Gasteiger partial charge on any atom is -0.486 e. The second-order valence-electron chi connectivity index (χ2n) is 5.21. The van der Waals surface area contributed by atoms with Crippen molar-refractivity contribution in [2.24, 2.45) is 5.84 Å². The van der Waals surface area contributed by atoms with Crippen molar-refractivity contribution in [3.63, 3.8) is 0 Å². The summed E-state index contributed by atoms with van der Waals surface area (Å²) >= 11 is 0. The van der Waals surface area contributed by atoms with Crippen molar-refractivity contribution in [3.05, 3.63) is 23.8 Å². The maximum Gasteiger partial charge on any atom is 0.161 e. The van der Waals surface area contributed by atoms with Crippen molar-refractivity contribution in [1.29, 1.82) is 0 Å². The largest absolute Gasteiger partial charge is 0.486 e. The van der Waals surface area contributed by atoms with Gasteiger partial charge in [0.05, 0.1) is 11.6 Å². The van der Waals surface area contributed by atoms with Crippen LogP contribution in [-0.2, 0) is 4.74 Å². The Morgan fingerprint density at radius 2 is 1.86 bits per heavy atom. The molecule has 1 heterocycles. The van der Waals surface area contributed by atoms with Crippen molar-refractivity contribution >= 4 is 0 Å². The van der Waals surface area contributed by atoms with E-state index in [1.165, 1.54) is 0 Å². The molecule has 5 heteroatoms. The lowest BCUT2D eigenvalue weighted by Gasteiger charge is -2.39. The fraction of sp³-hybridized carbons (Fsp3) is 0.625. The average Bonchev–Trinajstić information content (AvgIpc) is 2.54. The first-order chi connectivity index (χ1) is 10.2. The number of fused-ring (bicyclic) bond motifs is 1. The van der Waals surface area contributed by atoms with E-state index in [9.17, 15) is 0 Å². The first-order valence-corrected chi connectivity index (χ1v) is 7.70. The monoisotopic (exact) mass is 294 g/mol. The molecule has 2 rings (SSSR count). The number of hydrogen-bond donors (Lipinski definition) is 2. The van der Waals surface area contributed by atoms with E-state index in [1.807, 2.05) is 25.1 Å². The van der Waals surface area contributed by atoms with Crippen LogP contribution in [0.3, 0.4) is 0 Å². The molecule has 21 heavy (non-hydrogen) atoms. The highest BCUT2D eigenvalue weighted by Gasteiger charge is 2.37. The van der Waals surface area contributed by atoms with Gasteiger partial charge >= 0.3 is 0 Å². The third-order valence-electron chi connectivity index (χ3n) is 4.22. The van der Waals surface area contributed by atoms with E-state index in [1.54, 1.807) is 0 Å². The highest BCUT2D eigenvalue weighted by molar-refractivity contribution is 5.45. The van der Waals surface area contributed by atoms with Crippen LogP contribution in [0.2, 0.25) is 0 Å². The van der Waals surface area contributed by atoms with E-state index in [0.29, 0.717) is 19.8 Å². The zero-order chi connectivity index (χ0) is 15.3. The highest BCUT2D eigenvalue weighted by Crippen LogP contribution is 2.39. The fourth-order valence-electron chi connectivity index (χ4n) is 3.02. The fourth-order valence-corrected chi connectivity index (χ4v) is 3.02. The highest BCUT2D eigenvalue weighted by atomic mass is 16.6. The van der Waals surface area contributed by atoms with Crippen molar-refractivity contribution in [2.75, 3.05) is 19.8 Å². The summed E-state index contributed by atoms with van der Waals surface area (Å²) in [6.45, 7) is 8.10. The second-order valence-corrected chi connectivity index (χ2v) is 5.21. The third kappa shape index (κ3) is 3.15. The maximum atomic E-state index is 6.06. The molecule has 5 nitrogen and oxygen atoms in total. The van der Waals surface area contributed by atoms with Gasteiger partial charge in [-0.05, 0) is 37.5 Å². The number of ether oxygens (including phenoxy) is 3. The van der Waals surface area contributed by atoms with Crippen molar-refractivity contribution in [2.45, 2.75) is 45.3 Å². The van der Waals surface area contributed by atoms with Crippen LogP contribution in [0.1, 0.15) is 45.2 Å². The molecule has 0 spiro atoms. The Morgan fingerprint density at radius 3 is 2.43 bits per heavy atom. The Morgan fingerprint density at radius 1 is 1.19 bits per heavy atom. The molecular weight excluding hydrogens is 268 g/mol. The Labute approximate surface area is 126 Å². The van der Waals surface area contributed by atoms with Gasteiger partial charge in [-0.3, -0.25) is 11.3 Å². The van der Waals surface area contributed by atoms with Crippen LogP contribution in [0.5, 0.6) is 11.5 Å². The Bertz CT molecular complexity index is 461. The zero-order valence-corrected chi connectivity index (χ0v) is 13.1. The predicted molar refractivity (Wildman–Crippen MR) is 82.4 cm³/mol. The van der Waals surface area contributed by atoms with Gasteiger partial charge < -0.3 is 14.2 Å². The lowest BCUT2D eigenvalue weighted by Crippen LogP contribution is -2.48. The normalized spacial score (nSPS) is 15.8. The van der Waals surface area contributed by atoms with E-state index in [4.69, 9.17) is 20.1 Å². The molecule has 0 aromatic heterocycles. The van der Waals surface area contributed by atoms with Gasteiger partial charge in [-0.1, -0.05) is 19.9 Å².